The number of alkyl carbamates (subject to hydrolysis) is 2. The number of rotatable bonds is 4. The van der Waals surface area contributed by atoms with E-state index in [1.54, 1.807) is 33.0 Å². The highest BCUT2D eigenvalue weighted by Crippen LogP contribution is 2.32. The fourth-order valence-corrected chi connectivity index (χ4v) is 5.54. The monoisotopic (exact) mass is 688 g/mol. The Morgan fingerprint density at radius 2 is 1.32 bits per heavy atom. The Labute approximate surface area is 272 Å². The van der Waals surface area contributed by atoms with E-state index in [1.165, 1.54) is 6.20 Å². The van der Waals surface area contributed by atoms with Crippen LogP contribution in [0.3, 0.4) is 0 Å². The highest BCUT2D eigenvalue weighted by atomic mass is 32.2. The molecule has 2 heterocycles. The van der Waals surface area contributed by atoms with Gasteiger partial charge in [0.2, 0.25) is 11.4 Å². The van der Waals surface area contributed by atoms with Gasteiger partial charge in [0.1, 0.15) is 11.2 Å². The van der Waals surface area contributed by atoms with Gasteiger partial charge in [0.25, 0.3) is 0 Å². The largest absolute Gasteiger partial charge is 0.534 e. The lowest BCUT2D eigenvalue weighted by Crippen LogP contribution is -2.35. The summed E-state index contributed by atoms with van der Waals surface area (Å²) >= 11 is 0. The number of halogens is 3. The second kappa shape index (κ2) is 14.9. The first-order chi connectivity index (χ1) is 21.6. The summed E-state index contributed by atoms with van der Waals surface area (Å²) in [5.74, 6) is -0.663. The average Bonchev–Trinajstić information content (AvgIpc) is 3.21. The number of alkyl halides is 3. The Bertz CT molecular complexity index is 1580. The van der Waals surface area contributed by atoms with Gasteiger partial charge in [-0.2, -0.15) is 21.6 Å². The van der Waals surface area contributed by atoms with E-state index in [-0.39, 0.29) is 11.6 Å². The van der Waals surface area contributed by atoms with Gasteiger partial charge in [-0.05, 0) is 102 Å². The van der Waals surface area contributed by atoms with Gasteiger partial charge in [-0.25, -0.2) is 14.6 Å². The molecule has 2 aliphatic carbocycles. The molecule has 2 unspecified atom stereocenters. The molecular weight excluding hydrogens is 645 g/mol. The number of aromatic nitrogens is 2. The first kappa shape index (κ1) is 37.6. The van der Waals surface area contributed by atoms with Crippen LogP contribution in [-0.4, -0.2) is 47.3 Å². The third-order valence-electron chi connectivity index (χ3n) is 7.03. The third kappa shape index (κ3) is 11.7. The molecule has 12 nitrogen and oxygen atoms in total. The zero-order valence-electron chi connectivity index (χ0n) is 27.4. The summed E-state index contributed by atoms with van der Waals surface area (Å²) in [6, 6.07) is 2.25. The van der Waals surface area contributed by atoms with Crippen molar-refractivity contribution in [3.8, 4) is 5.88 Å². The fourth-order valence-electron chi connectivity index (χ4n) is 5.13. The predicted molar refractivity (Wildman–Crippen MR) is 166 cm³/mol. The second-order valence-corrected chi connectivity index (χ2v) is 14.9. The summed E-state index contributed by atoms with van der Waals surface area (Å²) in [4.78, 5) is 41.7. The number of pyridine rings is 2. The minimum absolute atomic E-state index is 0.0957. The van der Waals surface area contributed by atoms with Crippen LogP contribution in [0.1, 0.15) is 114 Å². The molecule has 0 aliphatic heterocycles. The molecule has 4 rings (SSSR count). The van der Waals surface area contributed by atoms with Crippen LogP contribution in [0.25, 0.3) is 0 Å². The molecule has 0 saturated heterocycles. The van der Waals surface area contributed by atoms with Crippen molar-refractivity contribution >= 4 is 22.3 Å². The minimum Gasteiger partial charge on any atom is -0.444 e. The predicted octanol–water partition coefficient (Wildman–Crippen LogP) is 6.27. The number of ether oxygens (including phenoxy) is 2. The van der Waals surface area contributed by atoms with Crippen LogP contribution >= 0.6 is 0 Å². The summed E-state index contributed by atoms with van der Waals surface area (Å²) < 4.78 is 74.3. The van der Waals surface area contributed by atoms with E-state index in [0.717, 1.165) is 55.7 Å². The summed E-state index contributed by atoms with van der Waals surface area (Å²) in [5, 5.41) is 5.63. The number of carbonyl (C=O) groups excluding carboxylic acids is 2. The summed E-state index contributed by atoms with van der Waals surface area (Å²) in [6.07, 6.45) is 8.25. The fraction of sp³-hybridized carbons (Fsp3) is 0.613. The maximum Gasteiger partial charge on any atom is 0.534 e. The van der Waals surface area contributed by atoms with E-state index in [0.29, 0.717) is 24.0 Å². The number of amides is 2. The first-order valence-corrected chi connectivity index (χ1v) is 16.7. The van der Waals surface area contributed by atoms with Crippen LogP contribution in [0.4, 0.5) is 22.8 Å². The maximum atomic E-state index is 12.5. The van der Waals surface area contributed by atoms with Crippen LogP contribution < -0.4 is 20.4 Å². The lowest BCUT2D eigenvalue weighted by Gasteiger charge is -2.24. The summed E-state index contributed by atoms with van der Waals surface area (Å²) in [6.45, 7) is 10.7. The zero-order chi connectivity index (χ0) is 35.2. The lowest BCUT2D eigenvalue weighted by atomic mass is 10.0. The molecule has 0 saturated carbocycles. The molecule has 2 aromatic heterocycles. The van der Waals surface area contributed by atoms with Gasteiger partial charge in [-0.3, -0.25) is 4.79 Å². The van der Waals surface area contributed by atoms with Gasteiger partial charge in [-0.1, -0.05) is 12.8 Å². The number of hydrogen-bond acceptors (Lipinski definition) is 9. The molecule has 2 atom stereocenters. The topological polar surface area (TPSA) is 166 Å². The van der Waals surface area contributed by atoms with Gasteiger partial charge < -0.3 is 29.3 Å². The summed E-state index contributed by atoms with van der Waals surface area (Å²) in [7, 11) is -5.79. The summed E-state index contributed by atoms with van der Waals surface area (Å²) in [5.41, 5.74) is -3.65. The molecule has 3 N–H and O–H groups in total. The Kier molecular flexibility index (Phi) is 12.0. The molecule has 0 spiro atoms. The molecule has 2 amide bonds. The lowest BCUT2D eigenvalue weighted by molar-refractivity contribution is -0.0501. The molecule has 2 aromatic rings. The van der Waals surface area contributed by atoms with Crippen molar-refractivity contribution in [3.05, 3.63) is 57.1 Å². The SMILES string of the molecule is CC(C)(C)OC(=O)NC1CCCCc2cc(=O)[nH]cc21.CC(C)(C)OC(=O)NC1CCCCc2cc(OS(=O)(=O)C(F)(F)F)ncc21. The smallest absolute Gasteiger partial charge is 0.444 e. The van der Waals surface area contributed by atoms with Gasteiger partial charge >= 0.3 is 27.8 Å². The van der Waals surface area contributed by atoms with Crippen molar-refractivity contribution in [1.82, 2.24) is 20.6 Å². The number of nitrogens with zero attached hydrogens (tertiary/aromatic N) is 1. The van der Waals surface area contributed by atoms with Crippen LogP contribution in [0.5, 0.6) is 5.88 Å². The molecule has 0 bridgehead atoms. The average molecular weight is 689 g/mol. The van der Waals surface area contributed by atoms with Crippen molar-refractivity contribution in [2.45, 2.75) is 122 Å². The number of hydrogen-bond donors (Lipinski definition) is 3. The normalized spacial score (nSPS) is 18.5. The van der Waals surface area contributed by atoms with Gasteiger partial charge in [-0.15, -0.1) is 0 Å². The molecule has 262 valence electrons. The molecule has 0 fully saturated rings. The molecule has 2 aliphatic rings. The Hall–Kier alpha value is -3.82. The molecule has 0 aromatic carbocycles. The number of carbonyl (C=O) groups is 2. The van der Waals surface area contributed by atoms with Crippen LogP contribution in [0.2, 0.25) is 0 Å². The van der Waals surface area contributed by atoms with Crippen molar-refractivity contribution in [3.63, 3.8) is 0 Å². The second-order valence-electron chi connectivity index (χ2n) is 13.4. The van der Waals surface area contributed by atoms with Gasteiger partial charge in [0.15, 0.2) is 0 Å². The van der Waals surface area contributed by atoms with Gasteiger partial charge in [0, 0.05) is 24.5 Å². The molecule has 0 radical (unpaired) electrons. The molecular formula is C31H43F3N4O8S. The van der Waals surface area contributed by atoms with E-state index in [1.807, 2.05) is 20.8 Å². The molecule has 16 heteroatoms. The van der Waals surface area contributed by atoms with Crippen molar-refractivity contribution in [2.75, 3.05) is 0 Å². The van der Waals surface area contributed by atoms with E-state index >= 15 is 0 Å². The van der Waals surface area contributed by atoms with E-state index < -0.39 is 50.9 Å². The van der Waals surface area contributed by atoms with E-state index in [9.17, 15) is 36.0 Å². The highest BCUT2D eigenvalue weighted by molar-refractivity contribution is 7.87. The number of aromatic amines is 1. The third-order valence-corrected chi connectivity index (χ3v) is 7.99. The van der Waals surface area contributed by atoms with Crippen molar-refractivity contribution < 1.29 is 44.8 Å². The number of aryl methyl sites for hydroxylation is 2. The number of fused-ring (bicyclic) bond motifs is 2. The van der Waals surface area contributed by atoms with Gasteiger partial charge in [0.05, 0.1) is 12.1 Å². The number of nitrogens with one attached hydrogen (secondary N) is 3. The molecule has 47 heavy (non-hydrogen) atoms. The van der Waals surface area contributed by atoms with Crippen LogP contribution in [0.15, 0.2) is 29.3 Å². The maximum absolute atomic E-state index is 12.5. The standard InChI is InChI=1S/C16H21F3N2O5S.C15H22N2O3/c1-15(2,3)25-14(22)21-12-7-5-4-6-10-8-13(20-9-11(10)12)26-27(23,24)16(17,18)19;1-15(2,3)20-14(19)17-12-7-5-4-6-10-8-13(18)16-9-11(10)12/h8-9,12H,4-7H2,1-3H3,(H,21,22);8-9,12H,4-7H2,1-3H3,(H,16,18)(H,17,19). The van der Waals surface area contributed by atoms with Crippen molar-refractivity contribution in [2.24, 2.45) is 0 Å². The van der Waals surface area contributed by atoms with Crippen LogP contribution in [0, 0.1) is 0 Å². The Balaban J connectivity index is 0.000000267. The Morgan fingerprint density at radius 3 is 1.81 bits per heavy atom. The van der Waals surface area contributed by atoms with Crippen LogP contribution in [-0.2, 0) is 32.4 Å². The van der Waals surface area contributed by atoms with E-state index in [4.69, 9.17) is 9.47 Å². The minimum atomic E-state index is -5.79. The Morgan fingerprint density at radius 1 is 0.830 bits per heavy atom. The first-order valence-electron chi connectivity index (χ1n) is 15.3. The quantitative estimate of drug-likeness (QED) is 0.191. The number of H-pyrrole nitrogens is 1. The van der Waals surface area contributed by atoms with Crippen molar-refractivity contribution in [1.29, 1.82) is 0 Å². The highest BCUT2D eigenvalue weighted by Gasteiger charge is 2.49. The zero-order valence-corrected chi connectivity index (χ0v) is 28.2. The van der Waals surface area contributed by atoms with E-state index in [2.05, 4.69) is 24.8 Å².